The Balaban J connectivity index is 2.70. The third kappa shape index (κ3) is 2.69. The molecule has 1 heterocycles. The number of aromatic nitrogens is 1. The Morgan fingerprint density at radius 2 is 2.62 bits per heavy atom. The SMILES string of the molecule is N#CCC=Cc1ncc(C(=O)O)s1. The van der Waals surface area contributed by atoms with Gasteiger partial charge in [-0.15, -0.1) is 11.3 Å². The average Bonchev–Trinajstić information content (AvgIpc) is 2.53. The van der Waals surface area contributed by atoms with Crippen molar-refractivity contribution in [2.24, 2.45) is 0 Å². The third-order valence-electron chi connectivity index (χ3n) is 1.20. The predicted molar refractivity (Wildman–Crippen MR) is 48.3 cm³/mol. The topological polar surface area (TPSA) is 74.0 Å². The van der Waals surface area contributed by atoms with E-state index in [4.69, 9.17) is 10.4 Å². The monoisotopic (exact) mass is 194 g/mol. The Labute approximate surface area is 78.8 Å². The molecule has 1 rings (SSSR count). The molecule has 0 amide bonds. The second-order valence-electron chi connectivity index (χ2n) is 2.13. The van der Waals surface area contributed by atoms with Crippen LogP contribution in [0.3, 0.4) is 0 Å². The van der Waals surface area contributed by atoms with Crippen LogP contribution in [0.2, 0.25) is 0 Å². The number of thiazole rings is 1. The minimum atomic E-state index is -0.975. The molecule has 1 aromatic rings. The van der Waals surface area contributed by atoms with Crippen molar-refractivity contribution in [1.82, 2.24) is 4.98 Å². The van der Waals surface area contributed by atoms with E-state index in [0.29, 0.717) is 11.4 Å². The first-order chi connectivity index (χ1) is 6.24. The molecule has 0 fully saturated rings. The van der Waals surface area contributed by atoms with Crippen LogP contribution in [-0.4, -0.2) is 16.1 Å². The van der Waals surface area contributed by atoms with Gasteiger partial charge in [-0.1, -0.05) is 6.08 Å². The molecular weight excluding hydrogens is 188 g/mol. The van der Waals surface area contributed by atoms with Gasteiger partial charge in [0, 0.05) is 0 Å². The number of hydrogen-bond donors (Lipinski definition) is 1. The molecule has 0 aromatic carbocycles. The first kappa shape index (κ1) is 9.42. The number of rotatable bonds is 3. The molecule has 0 aliphatic heterocycles. The van der Waals surface area contributed by atoms with Crippen molar-refractivity contribution in [2.45, 2.75) is 6.42 Å². The van der Waals surface area contributed by atoms with Crippen LogP contribution in [-0.2, 0) is 0 Å². The van der Waals surface area contributed by atoms with E-state index in [0.717, 1.165) is 11.3 Å². The maximum Gasteiger partial charge on any atom is 0.347 e. The Kier molecular flexibility index (Phi) is 3.17. The summed E-state index contributed by atoms with van der Waals surface area (Å²) in [4.78, 5) is 14.5. The van der Waals surface area contributed by atoms with Crippen molar-refractivity contribution in [3.8, 4) is 6.07 Å². The molecule has 0 aliphatic carbocycles. The molecule has 0 unspecified atom stereocenters. The largest absolute Gasteiger partial charge is 0.477 e. The van der Waals surface area contributed by atoms with Crippen molar-refractivity contribution in [3.05, 3.63) is 22.2 Å². The molecule has 66 valence electrons. The lowest BCUT2D eigenvalue weighted by Gasteiger charge is -1.80. The summed E-state index contributed by atoms with van der Waals surface area (Å²) < 4.78 is 0. The lowest BCUT2D eigenvalue weighted by Crippen LogP contribution is -1.89. The first-order valence-electron chi connectivity index (χ1n) is 3.46. The number of allylic oxidation sites excluding steroid dienone is 1. The number of nitrogens with zero attached hydrogens (tertiary/aromatic N) is 2. The van der Waals surface area contributed by atoms with Crippen molar-refractivity contribution >= 4 is 23.4 Å². The molecule has 4 nitrogen and oxygen atoms in total. The lowest BCUT2D eigenvalue weighted by molar-refractivity contribution is 0.0702. The quantitative estimate of drug-likeness (QED) is 0.795. The van der Waals surface area contributed by atoms with E-state index in [1.54, 1.807) is 12.2 Å². The van der Waals surface area contributed by atoms with Gasteiger partial charge in [-0.3, -0.25) is 0 Å². The predicted octanol–water partition coefficient (Wildman–Crippen LogP) is 1.77. The van der Waals surface area contributed by atoms with E-state index in [1.165, 1.54) is 6.20 Å². The molecule has 1 aromatic heterocycles. The second kappa shape index (κ2) is 4.38. The zero-order valence-electron chi connectivity index (χ0n) is 6.60. The fraction of sp³-hybridized carbons (Fsp3) is 0.125. The Morgan fingerprint density at radius 3 is 3.15 bits per heavy atom. The third-order valence-corrected chi connectivity index (χ3v) is 2.15. The van der Waals surface area contributed by atoms with E-state index < -0.39 is 5.97 Å². The lowest BCUT2D eigenvalue weighted by atomic mass is 10.4. The van der Waals surface area contributed by atoms with Gasteiger partial charge in [-0.05, 0) is 6.08 Å². The summed E-state index contributed by atoms with van der Waals surface area (Å²) in [6.45, 7) is 0. The zero-order chi connectivity index (χ0) is 9.68. The maximum absolute atomic E-state index is 10.4. The van der Waals surface area contributed by atoms with Crippen molar-refractivity contribution < 1.29 is 9.90 Å². The number of carbonyl (C=O) groups is 1. The summed E-state index contributed by atoms with van der Waals surface area (Å²) in [6.07, 6.45) is 4.89. The maximum atomic E-state index is 10.4. The molecule has 0 spiro atoms. The molecule has 1 N–H and O–H groups in total. The van der Waals surface area contributed by atoms with Gasteiger partial charge in [-0.25, -0.2) is 9.78 Å². The number of hydrogen-bond acceptors (Lipinski definition) is 4. The van der Waals surface area contributed by atoms with E-state index in [-0.39, 0.29) is 4.88 Å². The van der Waals surface area contributed by atoms with E-state index >= 15 is 0 Å². The van der Waals surface area contributed by atoms with Gasteiger partial charge in [0.15, 0.2) is 0 Å². The molecular formula is C8H6N2O2S. The summed E-state index contributed by atoms with van der Waals surface area (Å²) in [5, 5.41) is 17.4. The number of carboxylic acid groups (broad SMARTS) is 1. The molecule has 0 atom stereocenters. The van der Waals surface area contributed by atoms with Crippen molar-refractivity contribution in [1.29, 1.82) is 5.26 Å². The molecule has 0 radical (unpaired) electrons. The minimum Gasteiger partial charge on any atom is -0.477 e. The van der Waals surface area contributed by atoms with Gasteiger partial charge in [0.05, 0.1) is 18.7 Å². The number of nitriles is 1. The second-order valence-corrected chi connectivity index (χ2v) is 3.19. The fourth-order valence-corrected chi connectivity index (χ4v) is 1.36. The van der Waals surface area contributed by atoms with Crippen LogP contribution < -0.4 is 0 Å². The molecule has 5 heteroatoms. The van der Waals surface area contributed by atoms with Gasteiger partial charge in [0.1, 0.15) is 9.88 Å². The molecule has 0 saturated heterocycles. The van der Waals surface area contributed by atoms with Crippen LogP contribution in [0, 0.1) is 11.3 Å². The highest BCUT2D eigenvalue weighted by Gasteiger charge is 2.05. The fourth-order valence-electron chi connectivity index (χ4n) is 0.676. The highest BCUT2D eigenvalue weighted by Crippen LogP contribution is 2.14. The highest BCUT2D eigenvalue weighted by molar-refractivity contribution is 7.14. The van der Waals surface area contributed by atoms with Crippen LogP contribution in [0.1, 0.15) is 21.1 Å². The molecule has 0 saturated carbocycles. The smallest absolute Gasteiger partial charge is 0.347 e. The Bertz CT molecular complexity index is 376. The number of aromatic carboxylic acids is 1. The van der Waals surface area contributed by atoms with Gasteiger partial charge in [0.2, 0.25) is 0 Å². The standard InChI is InChI=1S/C8H6N2O2S/c9-4-2-1-3-7-10-5-6(13-7)8(11)12/h1,3,5H,2H2,(H,11,12). The average molecular weight is 194 g/mol. The molecule has 0 aliphatic rings. The highest BCUT2D eigenvalue weighted by atomic mass is 32.1. The molecule has 13 heavy (non-hydrogen) atoms. The van der Waals surface area contributed by atoms with Crippen LogP contribution >= 0.6 is 11.3 Å². The first-order valence-corrected chi connectivity index (χ1v) is 4.28. The summed E-state index contributed by atoms with van der Waals surface area (Å²) in [6, 6.07) is 1.94. The van der Waals surface area contributed by atoms with Gasteiger partial charge < -0.3 is 5.11 Å². The van der Waals surface area contributed by atoms with Gasteiger partial charge in [-0.2, -0.15) is 5.26 Å². The van der Waals surface area contributed by atoms with Gasteiger partial charge >= 0.3 is 5.97 Å². The van der Waals surface area contributed by atoms with Crippen molar-refractivity contribution in [2.75, 3.05) is 0 Å². The summed E-state index contributed by atoms with van der Waals surface area (Å²) in [5.74, 6) is -0.975. The number of carboxylic acids is 1. The molecule has 0 bridgehead atoms. The van der Waals surface area contributed by atoms with E-state index in [9.17, 15) is 4.79 Å². The summed E-state index contributed by atoms with van der Waals surface area (Å²) in [7, 11) is 0. The van der Waals surface area contributed by atoms with Crippen LogP contribution in [0.4, 0.5) is 0 Å². The van der Waals surface area contributed by atoms with E-state index in [2.05, 4.69) is 4.98 Å². The normalized spacial score (nSPS) is 10.1. The minimum absolute atomic E-state index is 0.205. The Hall–Kier alpha value is -1.67. The summed E-state index contributed by atoms with van der Waals surface area (Å²) in [5.41, 5.74) is 0. The Morgan fingerprint density at radius 1 is 1.85 bits per heavy atom. The van der Waals surface area contributed by atoms with Gasteiger partial charge in [0.25, 0.3) is 0 Å². The van der Waals surface area contributed by atoms with E-state index in [1.807, 2.05) is 6.07 Å². The van der Waals surface area contributed by atoms with Crippen LogP contribution in [0.15, 0.2) is 12.3 Å². The summed E-state index contributed by atoms with van der Waals surface area (Å²) >= 11 is 1.08. The zero-order valence-corrected chi connectivity index (χ0v) is 7.41. The van der Waals surface area contributed by atoms with Crippen LogP contribution in [0.5, 0.6) is 0 Å². The van der Waals surface area contributed by atoms with Crippen LogP contribution in [0.25, 0.3) is 6.08 Å². The van der Waals surface area contributed by atoms with Crippen molar-refractivity contribution in [3.63, 3.8) is 0 Å².